The molecule has 0 fully saturated rings. The van der Waals surface area contributed by atoms with E-state index in [9.17, 15) is 30.8 Å². The Balaban J connectivity index is 1.45. The van der Waals surface area contributed by atoms with E-state index in [-0.39, 0.29) is 34.0 Å². The number of carbonyl (C=O) groups is 1. The van der Waals surface area contributed by atoms with Crippen LogP contribution in [0.15, 0.2) is 77.6 Å². The van der Waals surface area contributed by atoms with Gasteiger partial charge < -0.3 is 14.5 Å². The minimum Gasteiger partial charge on any atom is -0.468 e. The van der Waals surface area contributed by atoms with Gasteiger partial charge in [0.25, 0.3) is 5.91 Å². The number of nitrogens with zero attached hydrogens (tertiary/aromatic N) is 5. The third-order valence-electron chi connectivity index (χ3n) is 8.01. The van der Waals surface area contributed by atoms with E-state index in [1.165, 1.54) is 44.6 Å². The zero-order valence-electron chi connectivity index (χ0n) is 25.8. The summed E-state index contributed by atoms with van der Waals surface area (Å²) in [4.78, 5) is 26.6. The molecule has 1 N–H and O–H groups in total. The zero-order chi connectivity index (χ0) is 34.8. The molecule has 5 heterocycles. The predicted octanol–water partition coefficient (Wildman–Crippen LogP) is 6.35. The van der Waals surface area contributed by atoms with Gasteiger partial charge in [-0.2, -0.15) is 13.2 Å². The molecular formula is C33H24F4N6O5S. The summed E-state index contributed by atoms with van der Waals surface area (Å²) in [5.74, 6) is -1.22. The van der Waals surface area contributed by atoms with Crippen LogP contribution in [-0.2, 0) is 10.0 Å². The highest BCUT2D eigenvalue weighted by atomic mass is 32.2. The number of aromatic nitrogens is 4. The third-order valence-corrected chi connectivity index (χ3v) is 9.21. The predicted molar refractivity (Wildman–Crippen MR) is 175 cm³/mol. The molecule has 0 aliphatic heterocycles. The monoisotopic (exact) mass is 692 g/mol. The first-order valence-electron chi connectivity index (χ1n) is 14.5. The fourth-order valence-corrected chi connectivity index (χ4v) is 6.13. The van der Waals surface area contributed by atoms with E-state index in [4.69, 9.17) is 14.1 Å². The number of hydrogen-bond donors (Lipinski definition) is 1. The number of ether oxygens (including phenoxy) is 1. The van der Waals surface area contributed by atoms with Crippen LogP contribution in [0.2, 0.25) is 0 Å². The third kappa shape index (κ3) is 5.62. The summed E-state index contributed by atoms with van der Waals surface area (Å²) in [6.07, 6.45) is -0.757. The molecule has 1 amide bonds. The number of carbonyl (C=O) groups excluding carboxylic acids is 1. The smallest absolute Gasteiger partial charge is 0.422 e. The van der Waals surface area contributed by atoms with E-state index < -0.39 is 34.5 Å². The highest BCUT2D eigenvalue weighted by Crippen LogP contribution is 2.41. The van der Waals surface area contributed by atoms with Gasteiger partial charge in [-0.1, -0.05) is 6.07 Å². The molecule has 16 heteroatoms. The molecule has 7 rings (SSSR count). The first-order chi connectivity index (χ1) is 23.2. The van der Waals surface area contributed by atoms with Gasteiger partial charge in [0.1, 0.15) is 29.0 Å². The van der Waals surface area contributed by atoms with E-state index in [1.54, 1.807) is 47.1 Å². The van der Waals surface area contributed by atoms with Crippen LogP contribution < -0.4 is 14.4 Å². The Labute approximate surface area is 274 Å². The van der Waals surface area contributed by atoms with Crippen molar-refractivity contribution in [1.29, 1.82) is 0 Å². The summed E-state index contributed by atoms with van der Waals surface area (Å²) < 4.78 is 91.9. The van der Waals surface area contributed by atoms with Crippen LogP contribution in [0.3, 0.4) is 0 Å². The van der Waals surface area contributed by atoms with Gasteiger partial charge in [-0.25, -0.2) is 27.8 Å². The van der Waals surface area contributed by atoms with Crippen LogP contribution in [0, 0.1) is 5.82 Å². The number of anilines is 1. The second-order valence-electron chi connectivity index (χ2n) is 11.2. The Morgan fingerprint density at radius 1 is 1.04 bits per heavy atom. The van der Waals surface area contributed by atoms with Gasteiger partial charge in [0.05, 0.1) is 39.8 Å². The summed E-state index contributed by atoms with van der Waals surface area (Å²) >= 11 is 0. The van der Waals surface area contributed by atoms with Crippen molar-refractivity contribution in [3.63, 3.8) is 0 Å². The van der Waals surface area contributed by atoms with Gasteiger partial charge in [0.15, 0.2) is 6.61 Å². The molecule has 2 aromatic carbocycles. The lowest BCUT2D eigenvalue weighted by Gasteiger charge is -2.20. The van der Waals surface area contributed by atoms with Gasteiger partial charge in [0, 0.05) is 54.3 Å². The van der Waals surface area contributed by atoms with Crippen LogP contribution in [0.4, 0.5) is 23.2 Å². The van der Waals surface area contributed by atoms with Crippen LogP contribution in [0.25, 0.3) is 61.0 Å². The number of alkyl halides is 3. The molecule has 7 aromatic rings. The van der Waals surface area contributed by atoms with Crippen molar-refractivity contribution in [2.24, 2.45) is 0 Å². The van der Waals surface area contributed by atoms with Gasteiger partial charge in [-0.3, -0.25) is 13.5 Å². The Morgan fingerprint density at radius 2 is 1.84 bits per heavy atom. The van der Waals surface area contributed by atoms with Gasteiger partial charge in [-0.05, 0) is 42.5 Å². The molecule has 0 bridgehead atoms. The van der Waals surface area contributed by atoms with Crippen molar-refractivity contribution >= 4 is 60.0 Å². The van der Waals surface area contributed by atoms with Crippen molar-refractivity contribution in [3.8, 4) is 28.5 Å². The number of amides is 1. The molecule has 0 atom stereocenters. The van der Waals surface area contributed by atoms with Crippen molar-refractivity contribution in [1.82, 2.24) is 24.7 Å². The summed E-state index contributed by atoms with van der Waals surface area (Å²) in [5.41, 5.74) is 3.34. The minimum atomic E-state index is -4.56. The molecule has 0 aliphatic carbocycles. The number of sulfonamides is 1. The fraction of sp³-hybridized carbons (Fsp3) is 0.152. The lowest BCUT2D eigenvalue weighted by Crippen LogP contribution is -2.25. The second kappa shape index (κ2) is 11.4. The maximum atomic E-state index is 14.7. The van der Waals surface area contributed by atoms with E-state index in [0.717, 1.165) is 10.6 Å². The Kier molecular flexibility index (Phi) is 7.42. The number of rotatable bonds is 7. The topological polar surface area (TPSA) is 132 Å². The Hall–Kier alpha value is -5.77. The summed E-state index contributed by atoms with van der Waals surface area (Å²) in [7, 11) is -1.06. The van der Waals surface area contributed by atoms with Crippen molar-refractivity contribution in [3.05, 3.63) is 84.6 Å². The first kappa shape index (κ1) is 31.8. The molecular weight excluding hydrogens is 668 g/mol. The molecule has 11 nitrogen and oxygen atoms in total. The van der Waals surface area contributed by atoms with Crippen molar-refractivity contribution in [2.75, 3.05) is 31.3 Å². The molecule has 0 aliphatic rings. The zero-order valence-corrected chi connectivity index (χ0v) is 26.6. The SMILES string of the molecule is CNC(=O)c1c(-c2ccc(OCC(F)(F)F)nc2)oc2cc(N(C)S(C)(=O)=O)c(-c3ccc4ncn5c6cccc(F)c6cc5c4n3)cc12. The number of benzene rings is 2. The number of fused-ring (bicyclic) bond motifs is 6. The fourth-order valence-electron chi connectivity index (χ4n) is 5.62. The maximum absolute atomic E-state index is 14.7. The lowest BCUT2D eigenvalue weighted by molar-refractivity contribution is -0.154. The maximum Gasteiger partial charge on any atom is 0.422 e. The summed E-state index contributed by atoms with van der Waals surface area (Å²) in [6, 6.07) is 15.4. The molecule has 250 valence electrons. The van der Waals surface area contributed by atoms with Crippen molar-refractivity contribution < 1.29 is 39.9 Å². The molecule has 0 saturated carbocycles. The van der Waals surface area contributed by atoms with E-state index in [0.29, 0.717) is 44.1 Å². The molecule has 0 unspecified atom stereocenters. The molecule has 49 heavy (non-hydrogen) atoms. The first-order valence-corrected chi connectivity index (χ1v) is 16.4. The number of hydrogen-bond acceptors (Lipinski definition) is 8. The van der Waals surface area contributed by atoms with Crippen LogP contribution >= 0.6 is 0 Å². The van der Waals surface area contributed by atoms with E-state index >= 15 is 0 Å². The van der Waals surface area contributed by atoms with Crippen molar-refractivity contribution in [2.45, 2.75) is 6.18 Å². The quantitative estimate of drug-likeness (QED) is 0.191. The Bertz CT molecular complexity index is 2570. The highest BCUT2D eigenvalue weighted by molar-refractivity contribution is 7.92. The average Bonchev–Trinajstić information content (AvgIpc) is 3.65. The molecule has 0 spiro atoms. The van der Waals surface area contributed by atoms with E-state index in [2.05, 4.69) is 15.3 Å². The normalized spacial score (nSPS) is 12.3. The standard InChI is InChI=1S/C33H24F4N6O5S/c1-38-32(44)29-20-11-19(22-8-9-23-30(41-22)26-12-18-21(34)5-4-6-24(18)43(26)16-40-23)25(42(2)49(3,45)46)13-27(20)48-31(29)17-7-10-28(39-14-17)47-15-33(35,36)37/h4-14,16H,15H2,1-3H3,(H,38,44). The van der Waals surface area contributed by atoms with Crippen LogP contribution in [-0.4, -0.2) is 66.8 Å². The largest absolute Gasteiger partial charge is 0.468 e. The summed E-state index contributed by atoms with van der Waals surface area (Å²) in [6.45, 7) is -1.53. The molecule has 0 saturated heterocycles. The van der Waals surface area contributed by atoms with Crippen LogP contribution in [0.5, 0.6) is 5.88 Å². The molecule has 5 aromatic heterocycles. The number of furan rings is 1. The number of pyridine rings is 2. The molecule has 0 radical (unpaired) electrons. The number of halogens is 4. The Morgan fingerprint density at radius 3 is 2.53 bits per heavy atom. The van der Waals surface area contributed by atoms with Gasteiger partial charge in [-0.15, -0.1) is 0 Å². The minimum absolute atomic E-state index is 0.0358. The second-order valence-corrected chi connectivity index (χ2v) is 13.2. The van der Waals surface area contributed by atoms with Gasteiger partial charge in [0.2, 0.25) is 15.9 Å². The number of nitrogens with one attached hydrogen (secondary N) is 1. The van der Waals surface area contributed by atoms with E-state index in [1.807, 2.05) is 0 Å². The highest BCUT2D eigenvalue weighted by Gasteiger charge is 2.29. The van der Waals surface area contributed by atoms with Crippen LogP contribution in [0.1, 0.15) is 10.4 Å². The van der Waals surface area contributed by atoms with Gasteiger partial charge >= 0.3 is 6.18 Å². The summed E-state index contributed by atoms with van der Waals surface area (Å²) in [5, 5.41) is 3.23. The lowest BCUT2D eigenvalue weighted by atomic mass is 10.0. The average molecular weight is 693 g/mol.